The molecule has 0 aromatic carbocycles. The number of terminal acetylenes is 2. The van der Waals surface area contributed by atoms with E-state index in [2.05, 4.69) is 24.0 Å². The van der Waals surface area contributed by atoms with Gasteiger partial charge in [0.1, 0.15) is 12.2 Å². The molecule has 0 unspecified atom stereocenters. The van der Waals surface area contributed by atoms with Crippen LogP contribution < -0.4 is 0 Å². The summed E-state index contributed by atoms with van der Waals surface area (Å²) in [5.74, 6) is 4.40. The molecule has 0 radical (unpaired) electrons. The van der Waals surface area contributed by atoms with E-state index in [9.17, 15) is 20.4 Å². The third kappa shape index (κ3) is 27.0. The largest absolute Gasteiger partial charge is 0.389 e. The van der Waals surface area contributed by atoms with Gasteiger partial charge in [-0.3, -0.25) is 0 Å². The van der Waals surface area contributed by atoms with Gasteiger partial charge in [0.05, 0.1) is 12.2 Å². The average molecular weight is 515 g/mol. The average Bonchev–Trinajstić information content (AvgIpc) is 2.90. The fourth-order valence-corrected chi connectivity index (χ4v) is 4.18. The van der Waals surface area contributed by atoms with E-state index in [1.54, 1.807) is 12.2 Å². The number of hydrogen-bond acceptors (Lipinski definition) is 4. The molecule has 0 aliphatic heterocycles. The number of unbranched alkanes of at least 4 members (excludes halogenated alkanes) is 15. The Hall–Kier alpha value is -1.82. The van der Waals surface area contributed by atoms with Crippen molar-refractivity contribution in [3.8, 4) is 24.7 Å². The first-order valence-corrected chi connectivity index (χ1v) is 14.7. The monoisotopic (exact) mass is 514 g/mol. The molecule has 0 spiro atoms. The van der Waals surface area contributed by atoms with Crippen LogP contribution in [0.1, 0.15) is 122 Å². The summed E-state index contributed by atoms with van der Waals surface area (Å²) in [7, 11) is 0. The summed E-state index contributed by atoms with van der Waals surface area (Å²) in [5, 5.41) is 38.1. The normalized spacial score (nSPS) is 15.2. The van der Waals surface area contributed by atoms with Crippen LogP contribution in [0.25, 0.3) is 0 Å². The van der Waals surface area contributed by atoms with E-state index in [1.165, 1.54) is 95.6 Å². The molecular weight excluding hydrogens is 460 g/mol. The summed E-state index contributed by atoms with van der Waals surface area (Å²) in [4.78, 5) is 0. The lowest BCUT2D eigenvalue weighted by Crippen LogP contribution is -2.04. The molecular formula is C33H54O4. The van der Waals surface area contributed by atoms with Gasteiger partial charge in [-0.05, 0) is 50.7 Å². The van der Waals surface area contributed by atoms with Crippen molar-refractivity contribution < 1.29 is 20.4 Å². The smallest absolute Gasteiger partial charge is 0.133 e. The number of hydrogen-bond donors (Lipinski definition) is 4. The van der Waals surface area contributed by atoms with Crippen LogP contribution in [-0.4, -0.2) is 44.8 Å². The van der Waals surface area contributed by atoms with Crippen molar-refractivity contribution in [1.29, 1.82) is 0 Å². The fraction of sp³-hybridized carbons (Fsp3) is 0.697. The summed E-state index contributed by atoms with van der Waals surface area (Å²) in [5.41, 5.74) is 0. The molecule has 0 aliphatic carbocycles. The number of allylic oxidation sites excluding steroid dienone is 2. The second-order valence-electron chi connectivity index (χ2n) is 10.1. The maximum atomic E-state index is 9.80. The zero-order chi connectivity index (χ0) is 27.4. The molecule has 4 heteroatoms. The van der Waals surface area contributed by atoms with Crippen LogP contribution in [0.3, 0.4) is 0 Å². The Morgan fingerprint density at radius 2 is 0.730 bits per heavy atom. The quantitative estimate of drug-likeness (QED) is 0.0615. The predicted octanol–water partition coefficient (Wildman–Crippen LogP) is 6.78. The van der Waals surface area contributed by atoms with Gasteiger partial charge in [-0.1, -0.05) is 120 Å². The third-order valence-corrected chi connectivity index (χ3v) is 6.53. The van der Waals surface area contributed by atoms with E-state index < -0.39 is 24.4 Å². The number of aliphatic hydroxyl groups is 4. The standard InChI is InChI=1S/C33H54O4/c1-3-30(34)26-28-32(36)24-22-20-18-16-14-12-10-8-6-5-7-9-11-13-15-17-19-21-23-25-33(37)29-27-31(35)4-2/h1-2,6,8,26-37H,5,7,9-25H2/b8-6-,28-26+,29-27+/t30-,31-,32-,33-/m1/s1. The molecule has 37 heavy (non-hydrogen) atoms. The molecule has 4 N–H and O–H groups in total. The molecule has 0 bridgehead atoms. The molecule has 0 fully saturated rings. The minimum atomic E-state index is -0.902. The Morgan fingerprint density at radius 3 is 1.05 bits per heavy atom. The van der Waals surface area contributed by atoms with Gasteiger partial charge in [0.15, 0.2) is 0 Å². The molecule has 4 atom stereocenters. The highest BCUT2D eigenvalue weighted by molar-refractivity contribution is 5.08. The van der Waals surface area contributed by atoms with Crippen molar-refractivity contribution in [1.82, 2.24) is 0 Å². The van der Waals surface area contributed by atoms with Crippen LogP contribution in [0, 0.1) is 24.7 Å². The molecule has 0 aromatic heterocycles. The minimum Gasteiger partial charge on any atom is -0.389 e. The van der Waals surface area contributed by atoms with Crippen LogP contribution in [0.4, 0.5) is 0 Å². The summed E-state index contributed by atoms with van der Waals surface area (Å²) >= 11 is 0. The van der Waals surface area contributed by atoms with Gasteiger partial charge in [-0.15, -0.1) is 12.8 Å². The highest BCUT2D eigenvalue weighted by Gasteiger charge is 2.01. The summed E-state index contributed by atoms with van der Waals surface area (Å²) < 4.78 is 0. The van der Waals surface area contributed by atoms with E-state index >= 15 is 0 Å². The van der Waals surface area contributed by atoms with Crippen molar-refractivity contribution in [3.05, 3.63) is 36.5 Å². The molecule has 0 heterocycles. The molecule has 210 valence electrons. The number of rotatable bonds is 25. The molecule has 0 aromatic rings. The van der Waals surface area contributed by atoms with Crippen molar-refractivity contribution >= 4 is 0 Å². The van der Waals surface area contributed by atoms with Crippen molar-refractivity contribution in [3.63, 3.8) is 0 Å². The molecule has 0 rings (SSSR count). The van der Waals surface area contributed by atoms with Gasteiger partial charge < -0.3 is 20.4 Å². The lowest BCUT2D eigenvalue weighted by molar-refractivity contribution is 0.204. The Balaban J connectivity index is 3.32. The van der Waals surface area contributed by atoms with Crippen LogP contribution in [0.5, 0.6) is 0 Å². The first kappa shape index (κ1) is 35.2. The van der Waals surface area contributed by atoms with E-state index in [-0.39, 0.29) is 0 Å². The van der Waals surface area contributed by atoms with Crippen LogP contribution >= 0.6 is 0 Å². The Morgan fingerprint density at radius 1 is 0.432 bits per heavy atom. The summed E-state index contributed by atoms with van der Waals surface area (Å²) in [6.45, 7) is 0. The Kier molecular flexibility index (Phi) is 25.9. The highest BCUT2D eigenvalue weighted by Crippen LogP contribution is 2.14. The Bertz CT molecular complexity index is 667. The van der Waals surface area contributed by atoms with Crippen LogP contribution in [-0.2, 0) is 0 Å². The zero-order valence-electron chi connectivity index (χ0n) is 23.2. The maximum Gasteiger partial charge on any atom is 0.133 e. The van der Waals surface area contributed by atoms with Crippen molar-refractivity contribution in [2.45, 2.75) is 146 Å². The highest BCUT2D eigenvalue weighted by atomic mass is 16.3. The second-order valence-corrected chi connectivity index (χ2v) is 10.1. The van der Waals surface area contributed by atoms with Gasteiger partial charge in [-0.25, -0.2) is 0 Å². The van der Waals surface area contributed by atoms with Gasteiger partial charge in [0, 0.05) is 0 Å². The lowest BCUT2D eigenvalue weighted by atomic mass is 10.0. The van der Waals surface area contributed by atoms with Crippen molar-refractivity contribution in [2.24, 2.45) is 0 Å². The molecule has 4 nitrogen and oxygen atoms in total. The predicted molar refractivity (Wildman–Crippen MR) is 157 cm³/mol. The second kappa shape index (κ2) is 27.2. The van der Waals surface area contributed by atoms with E-state index in [1.807, 2.05) is 0 Å². The summed E-state index contributed by atoms with van der Waals surface area (Å²) in [6, 6.07) is 0. The van der Waals surface area contributed by atoms with Crippen molar-refractivity contribution in [2.75, 3.05) is 0 Å². The summed E-state index contributed by atoms with van der Waals surface area (Å²) in [6.07, 6.45) is 40.4. The lowest BCUT2D eigenvalue weighted by Gasteiger charge is -2.06. The van der Waals surface area contributed by atoms with Gasteiger partial charge in [-0.2, -0.15) is 0 Å². The number of aliphatic hydroxyl groups excluding tert-OH is 4. The Labute approximate surface area is 228 Å². The van der Waals surface area contributed by atoms with Gasteiger partial charge >= 0.3 is 0 Å². The fourth-order valence-electron chi connectivity index (χ4n) is 4.18. The molecule has 0 saturated heterocycles. The van der Waals surface area contributed by atoms with Gasteiger partial charge in [0.2, 0.25) is 0 Å². The molecule has 0 saturated carbocycles. The first-order chi connectivity index (χ1) is 18.0. The SMILES string of the molecule is C#C[C@@H](O)/C=C/[C@H](O)CCCCCCCC/C=C\CCCCCCCCCCC[C@@H](O)/C=C/[C@H](O)C#C. The third-order valence-electron chi connectivity index (χ3n) is 6.53. The van der Waals surface area contributed by atoms with E-state index in [4.69, 9.17) is 12.8 Å². The van der Waals surface area contributed by atoms with Crippen LogP contribution in [0.15, 0.2) is 36.5 Å². The molecule has 0 amide bonds. The van der Waals surface area contributed by atoms with Gasteiger partial charge in [0.25, 0.3) is 0 Å². The topological polar surface area (TPSA) is 80.9 Å². The minimum absolute atomic E-state index is 0.509. The van der Waals surface area contributed by atoms with E-state index in [0.29, 0.717) is 0 Å². The molecule has 0 aliphatic rings. The maximum absolute atomic E-state index is 9.80. The first-order valence-electron chi connectivity index (χ1n) is 14.7. The van der Waals surface area contributed by atoms with E-state index in [0.717, 1.165) is 38.5 Å². The van der Waals surface area contributed by atoms with Crippen LogP contribution in [0.2, 0.25) is 0 Å². The zero-order valence-corrected chi connectivity index (χ0v) is 23.2.